The zero-order valence-electron chi connectivity index (χ0n) is 13.0. The van der Waals surface area contributed by atoms with Gasteiger partial charge in [-0.3, -0.25) is 9.59 Å². The molecule has 0 unspecified atom stereocenters. The summed E-state index contributed by atoms with van der Waals surface area (Å²) < 4.78 is 13.8. The minimum absolute atomic E-state index is 0.00326. The van der Waals surface area contributed by atoms with Crippen LogP contribution in [0.2, 0.25) is 0 Å². The lowest BCUT2D eigenvalue weighted by atomic mass is 10.1. The largest absolute Gasteiger partial charge is 0.366 e. The van der Waals surface area contributed by atoms with Crippen LogP contribution in [0.25, 0.3) is 0 Å². The van der Waals surface area contributed by atoms with Crippen molar-refractivity contribution >= 4 is 17.5 Å². The molecule has 1 atom stereocenters. The summed E-state index contributed by atoms with van der Waals surface area (Å²) in [6, 6.07) is 6.37. The predicted molar refractivity (Wildman–Crippen MR) is 83.4 cm³/mol. The summed E-state index contributed by atoms with van der Waals surface area (Å²) in [5.41, 5.74) is 0.583. The molecule has 2 saturated heterocycles. The average Bonchev–Trinajstić information content (AvgIpc) is 2.57. The SMILES string of the molecule is O=C1NCC[NH2+][C@@H]1CC(=O)N1CCN(c2ccccc2F)CC1. The number of nitrogens with zero attached hydrogens (tertiary/aromatic N) is 2. The summed E-state index contributed by atoms with van der Waals surface area (Å²) in [7, 11) is 0. The van der Waals surface area contributed by atoms with Crippen LogP contribution in [0.3, 0.4) is 0 Å². The number of hydrogen-bond acceptors (Lipinski definition) is 3. The number of piperazine rings is 2. The number of para-hydroxylation sites is 1. The Balaban J connectivity index is 1.53. The number of halogens is 1. The molecule has 7 heteroatoms. The van der Waals surface area contributed by atoms with Crippen molar-refractivity contribution in [1.29, 1.82) is 0 Å². The molecule has 0 bridgehead atoms. The smallest absolute Gasteiger partial charge is 0.278 e. The van der Waals surface area contributed by atoms with E-state index in [0.717, 1.165) is 6.54 Å². The van der Waals surface area contributed by atoms with E-state index in [4.69, 9.17) is 0 Å². The van der Waals surface area contributed by atoms with E-state index < -0.39 is 0 Å². The summed E-state index contributed by atoms with van der Waals surface area (Å²) >= 11 is 0. The fourth-order valence-corrected chi connectivity index (χ4v) is 3.12. The quantitative estimate of drug-likeness (QED) is 0.745. The second kappa shape index (κ2) is 6.95. The number of carbonyl (C=O) groups excluding carboxylic acids is 2. The first-order valence-corrected chi connectivity index (χ1v) is 8.03. The van der Waals surface area contributed by atoms with Crippen LogP contribution in [0.15, 0.2) is 24.3 Å². The Hall–Kier alpha value is -2.15. The maximum absolute atomic E-state index is 13.8. The molecule has 2 amide bonds. The molecule has 2 fully saturated rings. The van der Waals surface area contributed by atoms with Gasteiger partial charge in [0.1, 0.15) is 5.82 Å². The number of hydrogen-bond donors (Lipinski definition) is 2. The van der Waals surface area contributed by atoms with Crippen LogP contribution < -0.4 is 15.5 Å². The Morgan fingerprint density at radius 1 is 1.26 bits per heavy atom. The Morgan fingerprint density at radius 3 is 2.70 bits per heavy atom. The lowest BCUT2D eigenvalue weighted by Crippen LogP contribution is -2.96. The number of benzene rings is 1. The van der Waals surface area contributed by atoms with E-state index in [-0.39, 0.29) is 30.1 Å². The monoisotopic (exact) mass is 321 g/mol. The molecule has 0 saturated carbocycles. The Labute approximate surface area is 134 Å². The number of amides is 2. The van der Waals surface area contributed by atoms with Crippen molar-refractivity contribution in [3.05, 3.63) is 30.1 Å². The third kappa shape index (κ3) is 3.61. The minimum atomic E-state index is -0.319. The van der Waals surface area contributed by atoms with Gasteiger partial charge in [0, 0.05) is 26.2 Å². The highest BCUT2D eigenvalue weighted by atomic mass is 19.1. The lowest BCUT2D eigenvalue weighted by Gasteiger charge is -2.36. The number of nitrogens with one attached hydrogen (secondary N) is 1. The van der Waals surface area contributed by atoms with Crippen LogP contribution in [-0.2, 0) is 9.59 Å². The summed E-state index contributed by atoms with van der Waals surface area (Å²) in [4.78, 5) is 27.8. The number of nitrogens with two attached hydrogens (primary N) is 1. The van der Waals surface area contributed by atoms with E-state index in [1.165, 1.54) is 6.07 Å². The van der Waals surface area contributed by atoms with E-state index in [2.05, 4.69) is 5.32 Å². The van der Waals surface area contributed by atoms with Gasteiger partial charge in [-0.15, -0.1) is 0 Å². The molecule has 23 heavy (non-hydrogen) atoms. The number of carbonyl (C=O) groups is 2. The third-order valence-corrected chi connectivity index (χ3v) is 4.45. The Morgan fingerprint density at radius 2 is 2.00 bits per heavy atom. The first kappa shape index (κ1) is 15.7. The normalized spacial score (nSPS) is 22.0. The highest BCUT2D eigenvalue weighted by Gasteiger charge is 2.31. The molecule has 6 nitrogen and oxygen atoms in total. The third-order valence-electron chi connectivity index (χ3n) is 4.45. The van der Waals surface area contributed by atoms with Gasteiger partial charge in [0.2, 0.25) is 5.91 Å². The van der Waals surface area contributed by atoms with Crippen LogP contribution in [0, 0.1) is 5.82 Å². The van der Waals surface area contributed by atoms with Crippen LogP contribution in [-0.4, -0.2) is 62.0 Å². The zero-order valence-corrected chi connectivity index (χ0v) is 13.0. The summed E-state index contributed by atoms with van der Waals surface area (Å²) in [6.07, 6.45) is 0.228. The van der Waals surface area contributed by atoms with Crippen molar-refractivity contribution in [2.24, 2.45) is 0 Å². The highest BCUT2D eigenvalue weighted by molar-refractivity contribution is 5.87. The number of anilines is 1. The summed E-state index contributed by atoms with van der Waals surface area (Å²) in [6.45, 7) is 3.79. The zero-order chi connectivity index (χ0) is 16.2. The standard InChI is InChI=1S/C16H21FN4O2/c17-12-3-1-2-4-14(12)20-7-9-21(10-8-20)15(22)11-13-16(23)19-6-5-18-13/h1-4,13,18H,5-11H2,(H,19,23)/p+1/t13-/m1/s1. The van der Waals surface area contributed by atoms with Crippen LogP contribution >= 0.6 is 0 Å². The molecule has 1 aromatic rings. The minimum Gasteiger partial charge on any atom is -0.366 e. The van der Waals surface area contributed by atoms with E-state index >= 15 is 0 Å². The van der Waals surface area contributed by atoms with Gasteiger partial charge in [0.25, 0.3) is 5.91 Å². The highest BCUT2D eigenvalue weighted by Crippen LogP contribution is 2.20. The van der Waals surface area contributed by atoms with Gasteiger partial charge in [0.05, 0.1) is 25.2 Å². The van der Waals surface area contributed by atoms with Crippen molar-refractivity contribution in [3.63, 3.8) is 0 Å². The average molecular weight is 321 g/mol. The van der Waals surface area contributed by atoms with Gasteiger partial charge in [-0.2, -0.15) is 0 Å². The van der Waals surface area contributed by atoms with Crippen molar-refractivity contribution in [2.75, 3.05) is 44.2 Å². The first-order chi connectivity index (χ1) is 11.1. The van der Waals surface area contributed by atoms with Crippen molar-refractivity contribution < 1.29 is 19.3 Å². The van der Waals surface area contributed by atoms with E-state index in [1.54, 1.807) is 17.0 Å². The number of quaternary nitrogens is 1. The maximum Gasteiger partial charge on any atom is 0.278 e. The van der Waals surface area contributed by atoms with E-state index in [9.17, 15) is 14.0 Å². The van der Waals surface area contributed by atoms with Gasteiger partial charge < -0.3 is 20.4 Å². The molecule has 0 spiro atoms. The van der Waals surface area contributed by atoms with Crippen LogP contribution in [0.5, 0.6) is 0 Å². The molecular weight excluding hydrogens is 299 g/mol. The summed E-state index contributed by atoms with van der Waals surface area (Å²) in [5.74, 6) is -0.299. The molecule has 0 aliphatic carbocycles. The van der Waals surface area contributed by atoms with E-state index in [1.807, 2.05) is 16.3 Å². The molecule has 3 rings (SSSR count). The van der Waals surface area contributed by atoms with Gasteiger partial charge >= 0.3 is 0 Å². The maximum atomic E-state index is 13.8. The number of rotatable bonds is 3. The molecule has 124 valence electrons. The fourth-order valence-electron chi connectivity index (χ4n) is 3.12. The molecule has 0 aromatic heterocycles. The second-order valence-corrected chi connectivity index (χ2v) is 5.95. The fraction of sp³-hybridized carbons (Fsp3) is 0.500. The molecule has 2 heterocycles. The lowest BCUT2D eigenvalue weighted by molar-refractivity contribution is -0.678. The topological polar surface area (TPSA) is 69.3 Å². The molecule has 2 aliphatic heterocycles. The van der Waals surface area contributed by atoms with Crippen molar-refractivity contribution in [3.8, 4) is 0 Å². The van der Waals surface area contributed by atoms with Crippen molar-refractivity contribution in [1.82, 2.24) is 10.2 Å². The molecular formula is C16H22FN4O2+. The molecule has 2 aliphatic rings. The van der Waals surface area contributed by atoms with Crippen LogP contribution in [0.4, 0.5) is 10.1 Å². The Bertz CT molecular complexity index is 587. The molecule has 3 N–H and O–H groups in total. The van der Waals surface area contributed by atoms with Crippen molar-refractivity contribution in [2.45, 2.75) is 12.5 Å². The van der Waals surface area contributed by atoms with E-state index in [0.29, 0.717) is 38.4 Å². The van der Waals surface area contributed by atoms with Crippen LogP contribution in [0.1, 0.15) is 6.42 Å². The van der Waals surface area contributed by atoms with Gasteiger partial charge in [-0.1, -0.05) is 12.1 Å². The second-order valence-electron chi connectivity index (χ2n) is 5.95. The van der Waals surface area contributed by atoms with Gasteiger partial charge in [-0.25, -0.2) is 4.39 Å². The Kier molecular flexibility index (Phi) is 4.76. The first-order valence-electron chi connectivity index (χ1n) is 8.03. The summed E-state index contributed by atoms with van der Waals surface area (Å²) in [5, 5.41) is 4.71. The predicted octanol–water partition coefficient (Wildman–Crippen LogP) is -1.07. The van der Waals surface area contributed by atoms with Gasteiger partial charge in [0.15, 0.2) is 6.04 Å². The molecule has 1 aromatic carbocycles. The van der Waals surface area contributed by atoms with Gasteiger partial charge in [-0.05, 0) is 12.1 Å². The molecule has 0 radical (unpaired) electrons.